The van der Waals surface area contributed by atoms with Crippen LogP contribution in [0.15, 0.2) is 24.3 Å². The Morgan fingerprint density at radius 1 is 1.21 bits per heavy atom. The van der Waals surface area contributed by atoms with E-state index in [0.717, 1.165) is 18.7 Å². The van der Waals surface area contributed by atoms with E-state index in [2.05, 4.69) is 5.32 Å². The summed E-state index contributed by atoms with van der Waals surface area (Å²) in [6, 6.07) is 6.36. The van der Waals surface area contributed by atoms with E-state index in [0.29, 0.717) is 0 Å². The normalized spacial score (nSPS) is 26.7. The van der Waals surface area contributed by atoms with E-state index in [9.17, 15) is 8.78 Å². The van der Waals surface area contributed by atoms with E-state index in [-0.39, 0.29) is 24.3 Å². The van der Waals surface area contributed by atoms with Gasteiger partial charge in [-0.25, -0.2) is 4.39 Å². The van der Waals surface area contributed by atoms with Crippen molar-refractivity contribution in [3.8, 4) is 0 Å². The maximum atomic E-state index is 12.7. The number of nitrogens with one attached hydrogen (secondary N) is 1. The lowest BCUT2D eigenvalue weighted by molar-refractivity contribution is 0.358. The van der Waals surface area contributed by atoms with Gasteiger partial charge in [-0.3, -0.25) is 4.39 Å². The van der Waals surface area contributed by atoms with Crippen LogP contribution in [0, 0.1) is 11.7 Å². The summed E-state index contributed by atoms with van der Waals surface area (Å²) in [6.07, 6.45) is 0. The van der Waals surface area contributed by atoms with E-state index in [1.54, 1.807) is 12.1 Å². The molecule has 1 aliphatic heterocycles. The van der Waals surface area contributed by atoms with Gasteiger partial charge in [0.2, 0.25) is 0 Å². The molecular formula is C11H13F2N. The van der Waals surface area contributed by atoms with Crippen molar-refractivity contribution in [2.45, 2.75) is 5.92 Å². The van der Waals surface area contributed by atoms with E-state index in [1.165, 1.54) is 12.1 Å². The van der Waals surface area contributed by atoms with Gasteiger partial charge in [-0.05, 0) is 17.7 Å². The highest BCUT2D eigenvalue weighted by Gasteiger charge is 2.27. The molecule has 1 N–H and O–H groups in total. The molecule has 0 amide bonds. The Balaban J connectivity index is 2.17. The first-order valence-corrected chi connectivity index (χ1v) is 4.83. The average Bonchev–Trinajstić information content (AvgIpc) is 2.67. The van der Waals surface area contributed by atoms with Crippen LogP contribution < -0.4 is 5.32 Å². The van der Waals surface area contributed by atoms with Gasteiger partial charge in [0, 0.05) is 24.9 Å². The molecule has 2 rings (SSSR count). The maximum absolute atomic E-state index is 12.7. The second-order valence-corrected chi connectivity index (χ2v) is 3.73. The van der Waals surface area contributed by atoms with Gasteiger partial charge in [0.15, 0.2) is 0 Å². The molecule has 0 aromatic heterocycles. The van der Waals surface area contributed by atoms with E-state index < -0.39 is 0 Å². The molecule has 2 atom stereocenters. The van der Waals surface area contributed by atoms with Crippen molar-refractivity contribution in [1.82, 2.24) is 5.32 Å². The van der Waals surface area contributed by atoms with E-state index in [4.69, 9.17) is 0 Å². The van der Waals surface area contributed by atoms with Gasteiger partial charge in [-0.15, -0.1) is 0 Å². The Bertz CT molecular complexity index is 297. The van der Waals surface area contributed by atoms with E-state index in [1.807, 2.05) is 0 Å². The van der Waals surface area contributed by atoms with Crippen molar-refractivity contribution in [2.75, 3.05) is 19.8 Å². The molecule has 1 nitrogen and oxygen atoms in total. The van der Waals surface area contributed by atoms with Crippen LogP contribution in [0.4, 0.5) is 8.78 Å². The van der Waals surface area contributed by atoms with Crippen LogP contribution >= 0.6 is 0 Å². The molecule has 1 aromatic carbocycles. The molecule has 0 saturated carbocycles. The number of alkyl halides is 1. The standard InChI is InChI=1S/C11H13F2N/c12-5-9-6-14-7-11(9)8-1-3-10(13)4-2-8/h1-4,9,11,14H,5-7H2/t9-,11+/m1/s1. The number of halogens is 2. The minimum Gasteiger partial charge on any atom is -0.316 e. The summed E-state index contributed by atoms with van der Waals surface area (Å²) in [5, 5.41) is 3.15. The minimum atomic E-state index is -0.310. The van der Waals surface area contributed by atoms with Crippen molar-refractivity contribution in [1.29, 1.82) is 0 Å². The zero-order valence-electron chi connectivity index (χ0n) is 7.84. The quantitative estimate of drug-likeness (QED) is 0.765. The Morgan fingerprint density at radius 2 is 1.93 bits per heavy atom. The SMILES string of the molecule is FC[C@@H]1CNC[C@H]1c1ccc(F)cc1. The highest BCUT2D eigenvalue weighted by molar-refractivity contribution is 5.23. The molecule has 14 heavy (non-hydrogen) atoms. The second kappa shape index (κ2) is 4.05. The maximum Gasteiger partial charge on any atom is 0.123 e. The summed E-state index contributed by atoms with van der Waals surface area (Å²) in [7, 11) is 0. The van der Waals surface area contributed by atoms with Crippen molar-refractivity contribution in [3.63, 3.8) is 0 Å². The topological polar surface area (TPSA) is 12.0 Å². The summed E-state index contributed by atoms with van der Waals surface area (Å²) < 4.78 is 25.3. The predicted molar refractivity (Wildman–Crippen MR) is 51.5 cm³/mol. The third kappa shape index (κ3) is 1.77. The van der Waals surface area contributed by atoms with Crippen molar-refractivity contribution < 1.29 is 8.78 Å². The van der Waals surface area contributed by atoms with E-state index >= 15 is 0 Å². The van der Waals surface area contributed by atoms with Crippen LogP contribution in [0.3, 0.4) is 0 Å². The first kappa shape index (κ1) is 9.59. The molecule has 76 valence electrons. The summed E-state index contributed by atoms with van der Waals surface area (Å²) in [4.78, 5) is 0. The van der Waals surface area contributed by atoms with Crippen LogP contribution in [-0.2, 0) is 0 Å². The zero-order chi connectivity index (χ0) is 9.97. The van der Waals surface area contributed by atoms with Crippen LogP contribution in [0.1, 0.15) is 11.5 Å². The molecule has 1 heterocycles. The largest absolute Gasteiger partial charge is 0.316 e. The van der Waals surface area contributed by atoms with Gasteiger partial charge >= 0.3 is 0 Å². The van der Waals surface area contributed by atoms with Gasteiger partial charge in [0.1, 0.15) is 5.82 Å². The molecule has 0 bridgehead atoms. The minimum absolute atomic E-state index is 0.0421. The zero-order valence-corrected chi connectivity index (χ0v) is 7.84. The lowest BCUT2D eigenvalue weighted by Gasteiger charge is -2.15. The lowest BCUT2D eigenvalue weighted by atomic mass is 9.90. The van der Waals surface area contributed by atoms with Gasteiger partial charge in [0.05, 0.1) is 6.67 Å². The Morgan fingerprint density at radius 3 is 2.57 bits per heavy atom. The highest BCUT2D eigenvalue weighted by atomic mass is 19.1. The van der Waals surface area contributed by atoms with Gasteiger partial charge in [-0.2, -0.15) is 0 Å². The van der Waals surface area contributed by atoms with Crippen LogP contribution in [0.25, 0.3) is 0 Å². The molecule has 0 aliphatic carbocycles. The molecule has 1 saturated heterocycles. The molecule has 1 aromatic rings. The first-order chi connectivity index (χ1) is 6.81. The predicted octanol–water partition coefficient (Wildman–Crippen LogP) is 2.10. The van der Waals surface area contributed by atoms with Gasteiger partial charge < -0.3 is 5.32 Å². The fraction of sp³-hybridized carbons (Fsp3) is 0.455. The Hall–Kier alpha value is -0.960. The molecule has 0 unspecified atom stereocenters. The third-order valence-electron chi connectivity index (χ3n) is 2.84. The summed E-state index contributed by atoms with van der Waals surface area (Å²) >= 11 is 0. The monoisotopic (exact) mass is 197 g/mol. The number of rotatable bonds is 2. The Labute approximate surface area is 82.1 Å². The highest BCUT2D eigenvalue weighted by Crippen LogP contribution is 2.28. The number of hydrogen-bond donors (Lipinski definition) is 1. The molecule has 0 spiro atoms. The number of benzene rings is 1. The fourth-order valence-electron chi connectivity index (χ4n) is 2.00. The molecular weight excluding hydrogens is 184 g/mol. The van der Waals surface area contributed by atoms with Crippen molar-refractivity contribution in [3.05, 3.63) is 35.6 Å². The molecule has 1 fully saturated rings. The average molecular weight is 197 g/mol. The molecule has 3 heteroatoms. The summed E-state index contributed by atoms with van der Waals surface area (Å²) in [6.45, 7) is 1.20. The molecule has 1 aliphatic rings. The van der Waals surface area contributed by atoms with Gasteiger partial charge in [-0.1, -0.05) is 12.1 Å². The third-order valence-corrected chi connectivity index (χ3v) is 2.84. The first-order valence-electron chi connectivity index (χ1n) is 4.83. The van der Waals surface area contributed by atoms with Crippen LogP contribution in [0.5, 0.6) is 0 Å². The Kier molecular flexibility index (Phi) is 2.77. The van der Waals surface area contributed by atoms with Crippen LogP contribution in [0.2, 0.25) is 0 Å². The second-order valence-electron chi connectivity index (χ2n) is 3.73. The number of hydrogen-bond acceptors (Lipinski definition) is 1. The van der Waals surface area contributed by atoms with Crippen LogP contribution in [-0.4, -0.2) is 19.8 Å². The summed E-state index contributed by atoms with van der Waals surface area (Å²) in [5.74, 6) is -0.00225. The van der Waals surface area contributed by atoms with Crippen molar-refractivity contribution in [2.24, 2.45) is 5.92 Å². The molecule has 0 radical (unpaired) electrons. The van der Waals surface area contributed by atoms with Gasteiger partial charge in [0.25, 0.3) is 0 Å². The summed E-state index contributed by atoms with van der Waals surface area (Å²) in [5.41, 5.74) is 1.03. The smallest absolute Gasteiger partial charge is 0.123 e. The lowest BCUT2D eigenvalue weighted by Crippen LogP contribution is -2.12. The fourth-order valence-corrected chi connectivity index (χ4v) is 2.00. The van der Waals surface area contributed by atoms with Crippen molar-refractivity contribution >= 4 is 0 Å².